The van der Waals surface area contributed by atoms with E-state index in [0.29, 0.717) is 47.9 Å². The quantitative estimate of drug-likeness (QED) is 0.0732. The van der Waals surface area contributed by atoms with Crippen LogP contribution in [0.2, 0.25) is 0 Å². The summed E-state index contributed by atoms with van der Waals surface area (Å²) < 4.78 is 50.0. The van der Waals surface area contributed by atoms with Gasteiger partial charge in [-0.1, -0.05) is 243 Å². The van der Waals surface area contributed by atoms with Crippen molar-refractivity contribution in [1.29, 1.82) is 0 Å². The molecule has 0 saturated carbocycles. The number of hydrogen-bond acceptors (Lipinski definition) is 13. The van der Waals surface area contributed by atoms with Crippen molar-refractivity contribution >= 4 is 25.5 Å². The van der Waals surface area contributed by atoms with Gasteiger partial charge in [0.25, 0.3) is 0 Å². The fourth-order valence-corrected chi connectivity index (χ4v) is 33.0. The standard InChI is InChI=1S/C22H39N.C21H37N.C18H31N.C17H37NOS.C16H36NO2P.C15H34NO3P.C12H27N/c1-17(2)19(18-14-12-11-13-15-18)23(21(6,7)8)22(9,10)16-20(3,4)5;1-9-21(10-2,11-3)22(20(6,7)8)19(17(4)5)18-15-13-12-14-16-18;1-14(2)16(15-12-10-9-11-13-15)19(17(3,4)5)18(6,7)8;1-12-20(19)14(15(3,4)5)13(2)18(16(6,7)8)17(9,10)11;1-12-19-20(11,18)13(14(2,3)4)17(15(5,6)7)16(8,9)10;1-13(2,3)12(20(18,11-17)19-10)16(14(4,5)6)15(7,8)9;1-10(2,3)13(11(4,5)6)12(7,8)9/h11-15,17,19H,16H2,1-10H3;12-17,19H,9-11H2,1-8H3;9-14,16H,1-8H3;13-14H,12H2,1-11H3;13H,12H2,1-11H3;12,17H,11H2,1-10H3;1-9H3. The monoisotopic (exact) mass is 1980 g/mol. The SMILES string of the molecule is CC(C)(C)N(C(C)(C)C)C(C)(C)C.CC(C)C(c1ccccc1)N(C(C)(C)C)C(C)(C)C.CC(C)C(c1ccccc1)N(C(C)(C)C)C(C)(C)CC(C)(C)C.CCC(CC)(CC)N(C(c1ccccc1)C(C)C)C(C)(C)C.CCOP(C)(=O)C(N(C(C)(C)C)C(C)(C)C)C(C)(C)C.CCS(=O)C(C(C)N(C(C)(C)C)C(C)(C)C)C(C)(C)C.COP(=O)(CO)C(N(C(C)(C)C)C(C)(C)C)C(C)(C)C. The van der Waals surface area contributed by atoms with E-state index in [0.717, 1.165) is 5.75 Å². The van der Waals surface area contributed by atoms with Crippen LogP contribution >= 0.6 is 14.7 Å². The summed E-state index contributed by atoms with van der Waals surface area (Å²) in [7, 11) is -5.29. The lowest BCUT2D eigenvalue weighted by molar-refractivity contribution is -0.0590. The molecule has 0 spiro atoms. The first kappa shape index (κ1) is 141. The topological polar surface area (TPSA) is 113 Å². The maximum Gasteiger partial charge on any atom is 0.244 e. The van der Waals surface area contributed by atoms with Crippen LogP contribution in [0.3, 0.4) is 0 Å². The lowest BCUT2D eigenvalue weighted by Gasteiger charge is -2.55. The maximum absolute atomic E-state index is 13.2. The molecular weight excluding hydrogens is 1740 g/mol. The molecule has 16 heteroatoms. The molecule has 137 heavy (non-hydrogen) atoms. The Morgan fingerprint density at radius 3 is 0.745 bits per heavy atom. The van der Waals surface area contributed by atoms with Gasteiger partial charge in [0.2, 0.25) is 14.7 Å². The first-order valence-corrected chi connectivity index (χ1v) is 58.7. The van der Waals surface area contributed by atoms with Crippen molar-refractivity contribution < 1.29 is 27.5 Å². The Bertz CT molecular complexity index is 3810. The molecule has 10 atom stereocenters. The molecule has 10 unspecified atom stereocenters. The zero-order valence-electron chi connectivity index (χ0n) is 104. The van der Waals surface area contributed by atoms with Crippen molar-refractivity contribution in [2.45, 2.75) is 600 Å². The molecule has 3 aromatic rings. The minimum absolute atomic E-state index is 0.0367. The molecule has 0 aliphatic heterocycles. The average Bonchev–Trinajstić information content (AvgIpc) is 0.752. The third kappa shape index (κ3) is 46.0. The number of benzene rings is 3. The zero-order valence-corrected chi connectivity index (χ0v) is 107. The van der Waals surface area contributed by atoms with Gasteiger partial charge in [0.1, 0.15) is 6.35 Å². The maximum atomic E-state index is 13.2. The minimum Gasteiger partial charge on any atom is -0.386 e. The first-order chi connectivity index (χ1) is 60.2. The highest BCUT2D eigenvalue weighted by atomic mass is 32.2. The van der Waals surface area contributed by atoms with Gasteiger partial charge >= 0.3 is 0 Å². The number of nitrogens with zero attached hydrogens (tertiary/aromatic N) is 7. The second-order valence-electron chi connectivity index (χ2n) is 59.0. The van der Waals surface area contributed by atoms with E-state index in [-0.39, 0.29) is 122 Å². The predicted molar refractivity (Wildman–Crippen MR) is 618 cm³/mol. The predicted octanol–water partition coefficient (Wildman–Crippen LogP) is 35.9. The molecule has 812 valence electrons. The van der Waals surface area contributed by atoms with Crippen LogP contribution in [0.15, 0.2) is 91.0 Å². The summed E-state index contributed by atoms with van der Waals surface area (Å²) in [6.45, 7) is 149. The molecule has 0 bridgehead atoms. The van der Waals surface area contributed by atoms with Crippen molar-refractivity contribution in [2.24, 2.45) is 39.4 Å². The smallest absolute Gasteiger partial charge is 0.244 e. The molecule has 0 aromatic heterocycles. The van der Waals surface area contributed by atoms with Gasteiger partial charge in [-0.25, -0.2) is 0 Å². The lowest BCUT2D eigenvalue weighted by atomic mass is 9.76. The number of rotatable bonds is 27. The van der Waals surface area contributed by atoms with Crippen LogP contribution in [0, 0.1) is 39.4 Å². The number of aliphatic hydroxyl groups is 1. The largest absolute Gasteiger partial charge is 0.386 e. The van der Waals surface area contributed by atoms with Crippen LogP contribution in [0.1, 0.15) is 511 Å². The van der Waals surface area contributed by atoms with Crippen molar-refractivity contribution in [3.8, 4) is 0 Å². The highest BCUT2D eigenvalue weighted by Crippen LogP contribution is 2.62. The summed E-state index contributed by atoms with van der Waals surface area (Å²) in [5.41, 5.74) is 5.38. The molecule has 0 radical (unpaired) electrons. The van der Waals surface area contributed by atoms with Crippen molar-refractivity contribution in [1.82, 2.24) is 34.3 Å². The number of aliphatic hydroxyl groups excluding tert-OH is 1. The van der Waals surface area contributed by atoms with Gasteiger partial charge < -0.3 is 14.2 Å². The molecule has 0 amide bonds. The fourth-order valence-electron chi connectivity index (χ4n) is 25.5. The Morgan fingerprint density at radius 2 is 0.569 bits per heavy atom. The fraction of sp³-hybridized carbons (Fsp3) is 0.851. The van der Waals surface area contributed by atoms with E-state index >= 15 is 0 Å². The molecule has 3 rings (SSSR count). The highest BCUT2D eigenvalue weighted by Gasteiger charge is 2.55. The van der Waals surface area contributed by atoms with Crippen LogP contribution in [0.25, 0.3) is 0 Å². The molecule has 1 N–H and O–H groups in total. The third-order valence-electron chi connectivity index (χ3n) is 25.5. The van der Waals surface area contributed by atoms with Gasteiger partial charge in [0, 0.05) is 138 Å². The van der Waals surface area contributed by atoms with E-state index in [1.54, 1.807) is 6.66 Å². The Kier molecular flexibility index (Phi) is 54.8. The van der Waals surface area contributed by atoms with E-state index in [4.69, 9.17) is 9.05 Å². The van der Waals surface area contributed by atoms with E-state index in [1.165, 1.54) is 49.5 Å². The summed E-state index contributed by atoms with van der Waals surface area (Å²) in [5, 5.41) is 9.86. The van der Waals surface area contributed by atoms with E-state index < -0.39 is 31.9 Å². The molecule has 0 aliphatic rings. The third-order valence-corrected chi connectivity index (χ3v) is 33.2. The van der Waals surface area contributed by atoms with E-state index in [9.17, 15) is 18.4 Å². The van der Waals surface area contributed by atoms with Crippen LogP contribution in [0.4, 0.5) is 0 Å². The first-order valence-electron chi connectivity index (χ1n) is 53.3. The van der Waals surface area contributed by atoms with Gasteiger partial charge in [0.15, 0.2) is 0 Å². The van der Waals surface area contributed by atoms with Crippen molar-refractivity contribution in [2.75, 3.05) is 32.5 Å². The summed E-state index contributed by atoms with van der Waals surface area (Å²) in [6, 6.07) is 34.6. The minimum atomic E-state index is -3.18. The van der Waals surface area contributed by atoms with Crippen LogP contribution < -0.4 is 0 Å². The summed E-state index contributed by atoms with van der Waals surface area (Å²) in [6.07, 6.45) is 4.34. The zero-order chi connectivity index (χ0) is 111. The Balaban J connectivity index is -0.000000757. The molecule has 0 saturated heterocycles. The molecule has 0 aliphatic carbocycles. The van der Waals surface area contributed by atoms with Gasteiger partial charge in [-0.3, -0.25) is 47.6 Å². The molecule has 0 fully saturated rings. The number of hydrogen-bond donors (Lipinski definition) is 1. The summed E-state index contributed by atoms with van der Waals surface area (Å²) in [5.74, 6) is 2.00. The van der Waals surface area contributed by atoms with Gasteiger partial charge in [-0.2, -0.15) is 0 Å². The molecule has 3 aromatic carbocycles. The average molecular weight is 1980 g/mol. The second kappa shape index (κ2) is 53.2. The van der Waals surface area contributed by atoms with E-state index in [2.05, 4.69) is 541 Å². The molecular formula is C121H241N7O6P2S. The summed E-state index contributed by atoms with van der Waals surface area (Å²) >= 11 is 0. The lowest BCUT2D eigenvalue weighted by Crippen LogP contribution is -2.62. The normalized spacial score (nSPS) is 16.8. The highest BCUT2D eigenvalue weighted by molar-refractivity contribution is 7.85. The Hall–Kier alpha value is -2.13. The summed E-state index contributed by atoms with van der Waals surface area (Å²) in [4.78, 5) is 17.9. The van der Waals surface area contributed by atoms with Crippen molar-refractivity contribution in [3.05, 3.63) is 108 Å². The van der Waals surface area contributed by atoms with Crippen LogP contribution in [-0.2, 0) is 29.0 Å². The Morgan fingerprint density at radius 1 is 0.328 bits per heavy atom. The molecule has 0 heterocycles. The Labute approximate surface area is 861 Å². The molecule has 13 nitrogen and oxygen atoms in total. The van der Waals surface area contributed by atoms with Crippen LogP contribution in [-0.4, -0.2) is 182 Å². The second-order valence-corrected chi connectivity index (χ2v) is 66.0. The van der Waals surface area contributed by atoms with E-state index in [1.807, 2.05) is 34.6 Å². The van der Waals surface area contributed by atoms with Gasteiger partial charge in [-0.15, -0.1) is 0 Å². The van der Waals surface area contributed by atoms with Gasteiger partial charge in [0.05, 0.1) is 23.4 Å². The van der Waals surface area contributed by atoms with Crippen LogP contribution in [0.5, 0.6) is 0 Å². The van der Waals surface area contributed by atoms with Gasteiger partial charge in [-0.05, 0) is 380 Å². The van der Waals surface area contributed by atoms with Crippen molar-refractivity contribution in [3.63, 3.8) is 0 Å².